The van der Waals surface area contributed by atoms with Gasteiger partial charge in [-0.15, -0.1) is 24.3 Å². The number of hydrogen-bond acceptors (Lipinski definition) is 0. The summed E-state index contributed by atoms with van der Waals surface area (Å²) in [7, 11) is 6.18. The average Bonchev–Trinajstić information content (AvgIpc) is 1.63. The van der Waals surface area contributed by atoms with E-state index < -0.39 is 45.1 Å². The molecule has 0 bridgehead atoms. The molecule has 0 aromatic heterocycles. The second-order valence-corrected chi connectivity index (χ2v) is 51.3. The number of hydrogen-bond donors (Lipinski definition) is 0. The van der Waals surface area contributed by atoms with Crippen LogP contribution < -0.4 is 0 Å². The van der Waals surface area contributed by atoms with Crippen LogP contribution in [0.5, 0.6) is 0 Å². The van der Waals surface area contributed by atoms with Crippen molar-refractivity contribution in [2.24, 2.45) is 71.0 Å². The molecule has 0 radical (unpaired) electrons. The Morgan fingerprint density at radius 3 is 0.571 bits per heavy atom. The van der Waals surface area contributed by atoms with Gasteiger partial charge in [0, 0.05) is 0 Å². The van der Waals surface area contributed by atoms with Crippen LogP contribution in [0.25, 0.3) is 0 Å². The molecule has 0 heterocycles. The maximum atomic E-state index is 4.93. The summed E-state index contributed by atoms with van der Waals surface area (Å²) in [5.74, 6) is 10.3. The number of rotatable bonds is 6. The predicted octanol–water partition coefficient (Wildman–Crippen LogP) is 35.3. The first kappa shape index (κ1) is 129. The van der Waals surface area contributed by atoms with E-state index in [-0.39, 0.29) is 134 Å². The summed E-state index contributed by atoms with van der Waals surface area (Å²) in [4.78, 5) is 0. The maximum Gasteiger partial charge on any atom is 4.00 e. The van der Waals surface area contributed by atoms with Gasteiger partial charge >= 0.3 is 90.3 Å². The van der Waals surface area contributed by atoms with Crippen LogP contribution in [0.15, 0.2) is 128 Å². The topological polar surface area (TPSA) is 0 Å². The molecule has 0 N–H and O–H groups in total. The zero-order valence-corrected chi connectivity index (χ0v) is 86.7. The molecule has 6 fully saturated rings. The zero-order valence-electron chi connectivity index (χ0n) is 74.8. The van der Waals surface area contributed by atoms with Crippen molar-refractivity contribution in [3.05, 3.63) is 212 Å². The van der Waals surface area contributed by atoms with Gasteiger partial charge in [-0.05, 0) is 221 Å². The smallest absolute Gasteiger partial charge is 4.00 e. The number of benzene rings is 2. The van der Waals surface area contributed by atoms with E-state index >= 15 is 0 Å². The second kappa shape index (κ2) is 59.2. The molecule has 6 saturated carbocycles. The first-order valence-corrected chi connectivity index (χ1v) is 53.8. The van der Waals surface area contributed by atoms with Gasteiger partial charge < -0.3 is 59.4 Å². The van der Waals surface area contributed by atoms with E-state index in [0.717, 1.165) is 115 Å². The van der Waals surface area contributed by atoms with Gasteiger partial charge in [0.15, 0.2) is 0 Å². The first-order chi connectivity index (χ1) is 43.3. The third-order valence-corrected chi connectivity index (χ3v) is 43.8. The van der Waals surface area contributed by atoms with Crippen molar-refractivity contribution in [1.29, 1.82) is 0 Å². The van der Waals surface area contributed by atoms with E-state index in [4.69, 9.17) is 17.0 Å². The molecular formula is C97H182Cl2Si3Zr3. The van der Waals surface area contributed by atoms with Crippen molar-refractivity contribution in [3.63, 3.8) is 0 Å². The van der Waals surface area contributed by atoms with Gasteiger partial charge in [-0.1, -0.05) is 267 Å². The van der Waals surface area contributed by atoms with Crippen LogP contribution in [0.4, 0.5) is 0 Å². The van der Waals surface area contributed by atoms with Crippen molar-refractivity contribution in [2.45, 2.75) is 338 Å². The quantitative estimate of drug-likeness (QED) is 0.200. The van der Waals surface area contributed by atoms with Gasteiger partial charge in [-0.25, -0.2) is 0 Å². The van der Waals surface area contributed by atoms with Crippen molar-refractivity contribution in [2.75, 3.05) is 0 Å². The first-order valence-electron chi connectivity index (χ1n) is 38.0. The molecule has 0 nitrogen and oxygen atoms in total. The fourth-order valence-electron chi connectivity index (χ4n) is 21.7. The molecule has 9 aliphatic rings. The number of allylic oxidation sites excluding steroid dienone is 12. The number of halogens is 2. The Labute approximate surface area is 727 Å². The fraction of sp³-hybridized carbons (Fsp3) is 0.649. The predicted molar refractivity (Wildman–Crippen MR) is 496 cm³/mol. The maximum absolute atomic E-state index is 4.93. The molecule has 0 aliphatic heterocycles. The van der Waals surface area contributed by atoms with Gasteiger partial charge in [0.05, 0.1) is 24.2 Å². The second-order valence-electron chi connectivity index (χ2n) is 32.2. The minimum Gasteiger partial charge on any atom is 4.00 e. The molecule has 15 unspecified atom stereocenters. The Morgan fingerprint density at radius 1 is 0.295 bits per heavy atom. The molecule has 0 amide bonds. The van der Waals surface area contributed by atoms with Crippen LogP contribution in [-0.4, -0.2) is 24.2 Å². The summed E-state index contributed by atoms with van der Waals surface area (Å²) in [5.41, 5.74) is 28.4. The van der Waals surface area contributed by atoms with Crippen LogP contribution >= 0.6 is 17.0 Å². The summed E-state index contributed by atoms with van der Waals surface area (Å²) in [6, 6.07) is 19.7. The van der Waals surface area contributed by atoms with Gasteiger partial charge in [-0.2, -0.15) is 49.2 Å². The standard InChI is InChI=1S/3C22H38Si.2C7H7.3C2H6.3CH4.8CH3.2ClH.3Zr/c3*1-13-14(2)16(4)21-20(15(13)3)17(5)18(6)22(21)23(7,8)19-11-9-10-12-19;2*1-7-5-3-2-4-6-7;3*1-2;;;;;;;;;;;;;;;;/h3*17-22H,9-12H2,1-8H3;2*2-6H,1H2;3*1-2H3;3*1H4;8*1H3;2*1H;;;/q;;;2*-1;;;;;;;8*-1;;;3*+4/p-2. The molecule has 2 aromatic rings. The minimum atomic E-state index is -1.23. The van der Waals surface area contributed by atoms with Crippen LogP contribution in [-0.2, 0) is 73.3 Å². The van der Waals surface area contributed by atoms with E-state index in [9.17, 15) is 0 Å². The van der Waals surface area contributed by atoms with Crippen molar-refractivity contribution >= 4 is 41.2 Å². The van der Waals surface area contributed by atoms with Crippen LogP contribution in [0.1, 0.15) is 277 Å². The molecular weight excluding hydrogens is 1590 g/mol. The Balaban J connectivity index is -0.000000116. The van der Waals surface area contributed by atoms with E-state index in [1.165, 1.54) is 77.0 Å². The molecule has 9 aliphatic carbocycles. The molecule has 8 heteroatoms. The summed E-state index contributed by atoms with van der Waals surface area (Å²) < 4.78 is 0. The normalized spacial score (nSPS) is 27.3. The van der Waals surface area contributed by atoms with Crippen molar-refractivity contribution < 1.29 is 73.3 Å². The minimum absolute atomic E-state index is 0. The number of fused-ring (bicyclic) bond motifs is 3. The van der Waals surface area contributed by atoms with E-state index in [1.54, 1.807) is 66.9 Å². The Morgan fingerprint density at radius 2 is 0.438 bits per heavy atom. The third kappa shape index (κ3) is 29.3. The molecule has 15 atom stereocenters. The van der Waals surface area contributed by atoms with E-state index in [0.29, 0.717) is 0 Å². The van der Waals surface area contributed by atoms with E-state index in [1.807, 2.05) is 102 Å². The largest absolute Gasteiger partial charge is 4.00 e. The summed E-state index contributed by atoms with van der Waals surface area (Å²) in [6.45, 7) is 80.5. The summed E-state index contributed by atoms with van der Waals surface area (Å²) in [6.07, 6.45) is 18.2. The van der Waals surface area contributed by atoms with E-state index in [2.05, 4.69) is 178 Å². The van der Waals surface area contributed by atoms with Crippen LogP contribution in [0, 0.1) is 144 Å². The molecule has 2 aromatic carbocycles. The Kier molecular flexibility index (Phi) is 72.7. The van der Waals surface area contributed by atoms with Gasteiger partial charge in [0.1, 0.15) is 0 Å². The third-order valence-electron chi connectivity index (χ3n) is 27.9. The van der Waals surface area contributed by atoms with Gasteiger partial charge in [0.25, 0.3) is 0 Å². The van der Waals surface area contributed by atoms with Crippen molar-refractivity contribution in [1.82, 2.24) is 0 Å². The van der Waals surface area contributed by atoms with Gasteiger partial charge in [0.2, 0.25) is 0 Å². The van der Waals surface area contributed by atoms with Crippen LogP contribution in [0.3, 0.4) is 0 Å². The average molecular weight is 1780 g/mol. The van der Waals surface area contributed by atoms with Crippen molar-refractivity contribution in [3.8, 4) is 0 Å². The molecule has 11 rings (SSSR count). The molecule has 0 saturated heterocycles. The zero-order chi connectivity index (χ0) is 70.2. The summed E-state index contributed by atoms with van der Waals surface area (Å²) in [5, 5.41) is 0. The fourth-order valence-corrected chi connectivity index (χ4v) is 38.1. The summed E-state index contributed by atoms with van der Waals surface area (Å²) >= 11 is -0.826. The molecule has 0 spiro atoms. The SMILES string of the molecule is C.C.C.CC.CC.CC.CC1=C(C)C2C(C)C(C)C([Si](C)(C)C3CCCC3)C2C(C)=C1C.CC1=C(C)C2C(C)C(C)C([Si](C)(C)C3CCCC3)C2C(C)=C1C.CC1=C(C)C2C(C)C(C)C([Si](C)(C)C3CCCC3)C2C(C)=C1C.[CH2-]c1ccccc1.[CH2-]c1ccccc1.[CH3-].[CH3-].[CH3-].[CH3-].[CH3-].[CH3-].[CH3-].[CH3-].[Cl][Zr+2][Cl].[Zr+4].[Zr+4]. The molecule has 105 heavy (non-hydrogen) atoms. The van der Waals surface area contributed by atoms with Crippen LogP contribution in [0.2, 0.25) is 72.5 Å². The monoisotopic (exact) mass is 1770 g/mol. The molecule has 608 valence electrons. The Bertz CT molecular complexity index is 2490. The van der Waals surface area contributed by atoms with Gasteiger partial charge in [-0.3, -0.25) is 0 Å². The Hall–Kier alpha value is 0.500.